The maximum absolute atomic E-state index is 2.98. The molecule has 3 heteroatoms. The third-order valence-electron chi connectivity index (χ3n) is 8.18. The van der Waals surface area contributed by atoms with Crippen LogP contribution in [0.2, 0.25) is 0 Å². The molecule has 2 atom stereocenters. The lowest BCUT2D eigenvalue weighted by molar-refractivity contribution is 0.478. The fourth-order valence-corrected chi connectivity index (χ4v) is 17.0. The first-order valence-electron chi connectivity index (χ1n) is 13.4. The molecule has 0 heterocycles. The second-order valence-corrected chi connectivity index (χ2v) is 19.0. The lowest BCUT2D eigenvalue weighted by Gasteiger charge is -2.49. The number of alkyl halides is 1. The standard InChI is InChI=1S/C31H39IP2/c1-31(32,34(27-19-10-4-11-20-27)28-21-12-5-13-22-28)29-23-14-24-30(29)33(25-15-6-2-7-16-25)26-17-8-3-9-18-26/h2-3,6-9,14-18,23-24,27-29H,4-5,10-13,19-22H2,1H3. The lowest BCUT2D eigenvalue weighted by atomic mass is 9.99. The molecule has 0 radical (unpaired) electrons. The summed E-state index contributed by atoms with van der Waals surface area (Å²) >= 11 is 2.98. The highest BCUT2D eigenvalue weighted by Crippen LogP contribution is 2.71. The van der Waals surface area contributed by atoms with Gasteiger partial charge in [0, 0.05) is 9.08 Å². The molecular weight excluding hydrogens is 561 g/mol. The Labute approximate surface area is 223 Å². The average molecular weight is 601 g/mol. The van der Waals surface area contributed by atoms with E-state index in [1.807, 2.05) is 0 Å². The quantitative estimate of drug-likeness (QED) is 0.169. The molecule has 2 aromatic rings. The highest BCUT2D eigenvalue weighted by Gasteiger charge is 2.48. The van der Waals surface area contributed by atoms with Gasteiger partial charge < -0.3 is 0 Å². The van der Waals surface area contributed by atoms with Crippen molar-refractivity contribution in [3.05, 3.63) is 84.2 Å². The Hall–Kier alpha value is -0.490. The molecule has 2 fully saturated rings. The number of benzene rings is 2. The Kier molecular flexibility index (Phi) is 8.67. The molecule has 0 nitrogen and oxygen atoms in total. The van der Waals surface area contributed by atoms with Crippen molar-refractivity contribution < 1.29 is 0 Å². The minimum atomic E-state index is -0.511. The Bertz CT molecular complexity index is 912. The van der Waals surface area contributed by atoms with Gasteiger partial charge in [0.25, 0.3) is 0 Å². The van der Waals surface area contributed by atoms with Gasteiger partial charge in [-0.2, -0.15) is 0 Å². The minimum absolute atomic E-state index is 0.0355. The Morgan fingerprint density at radius 2 is 1.18 bits per heavy atom. The summed E-state index contributed by atoms with van der Waals surface area (Å²) in [5.74, 6) is 0.551. The van der Waals surface area contributed by atoms with Crippen LogP contribution in [0.5, 0.6) is 0 Å². The Morgan fingerprint density at radius 3 is 1.65 bits per heavy atom. The number of rotatable bonds is 7. The summed E-state index contributed by atoms with van der Waals surface area (Å²) in [7, 11) is -0.547. The van der Waals surface area contributed by atoms with Crippen molar-refractivity contribution >= 4 is 49.0 Å². The van der Waals surface area contributed by atoms with Crippen LogP contribution in [0.25, 0.3) is 0 Å². The first-order valence-corrected chi connectivity index (χ1v) is 17.3. The van der Waals surface area contributed by atoms with Crippen LogP contribution in [0.1, 0.15) is 71.1 Å². The highest BCUT2D eigenvalue weighted by atomic mass is 127. The van der Waals surface area contributed by atoms with Gasteiger partial charge in [-0.1, -0.05) is 148 Å². The summed E-state index contributed by atoms with van der Waals surface area (Å²) < 4.78 is 0.320. The predicted octanol–water partition coefficient (Wildman–Crippen LogP) is 9.49. The number of hydrogen-bond acceptors (Lipinski definition) is 0. The predicted molar refractivity (Wildman–Crippen MR) is 163 cm³/mol. The fourth-order valence-electron chi connectivity index (χ4n) is 6.62. The van der Waals surface area contributed by atoms with Gasteiger partial charge in [0.2, 0.25) is 0 Å². The molecule has 0 spiro atoms. The largest absolute Gasteiger partial charge is 0.0830 e. The molecule has 34 heavy (non-hydrogen) atoms. The van der Waals surface area contributed by atoms with Crippen LogP contribution in [0, 0.1) is 5.92 Å². The van der Waals surface area contributed by atoms with E-state index >= 15 is 0 Å². The van der Waals surface area contributed by atoms with Crippen molar-refractivity contribution in [2.45, 2.75) is 85.6 Å². The molecule has 0 saturated heterocycles. The third kappa shape index (κ3) is 5.43. The molecule has 5 rings (SSSR count). The second-order valence-electron chi connectivity index (χ2n) is 10.5. The molecule has 2 aromatic carbocycles. The van der Waals surface area contributed by atoms with Gasteiger partial charge in [-0.15, -0.1) is 0 Å². The highest BCUT2D eigenvalue weighted by molar-refractivity contribution is 14.1. The van der Waals surface area contributed by atoms with Crippen LogP contribution in [0.3, 0.4) is 0 Å². The van der Waals surface area contributed by atoms with E-state index in [1.54, 1.807) is 5.31 Å². The van der Waals surface area contributed by atoms with E-state index in [1.165, 1.54) is 74.8 Å². The van der Waals surface area contributed by atoms with E-state index in [-0.39, 0.29) is 7.92 Å². The number of allylic oxidation sites excluding steroid dienone is 4. The summed E-state index contributed by atoms with van der Waals surface area (Å²) in [4.78, 5) is 0. The van der Waals surface area contributed by atoms with E-state index in [9.17, 15) is 0 Å². The average Bonchev–Trinajstić information content (AvgIpc) is 3.37. The molecule has 0 N–H and O–H groups in total. The van der Waals surface area contributed by atoms with Crippen LogP contribution < -0.4 is 10.6 Å². The molecule has 2 saturated carbocycles. The van der Waals surface area contributed by atoms with Crippen molar-refractivity contribution in [3.63, 3.8) is 0 Å². The maximum Gasteiger partial charge on any atom is 0.0499 e. The SMILES string of the molecule is CC(I)(C1C=CC=C1P(c1ccccc1)c1ccccc1)P(C1CCCCC1)C1CCCCC1. The van der Waals surface area contributed by atoms with Crippen molar-refractivity contribution in [2.75, 3.05) is 0 Å². The van der Waals surface area contributed by atoms with Gasteiger partial charge in [-0.3, -0.25) is 0 Å². The minimum Gasteiger partial charge on any atom is -0.0830 e. The van der Waals surface area contributed by atoms with Gasteiger partial charge in [-0.05, 0) is 67.8 Å². The van der Waals surface area contributed by atoms with Crippen LogP contribution in [-0.2, 0) is 0 Å². The van der Waals surface area contributed by atoms with E-state index in [0.29, 0.717) is 9.08 Å². The normalized spacial score (nSPS) is 23.9. The first kappa shape index (κ1) is 25.2. The van der Waals surface area contributed by atoms with Crippen LogP contribution in [0.4, 0.5) is 0 Å². The van der Waals surface area contributed by atoms with Crippen molar-refractivity contribution in [1.29, 1.82) is 0 Å². The summed E-state index contributed by atoms with van der Waals surface area (Å²) in [6, 6.07) is 22.7. The molecule has 2 unspecified atom stereocenters. The summed E-state index contributed by atoms with van der Waals surface area (Å²) in [6.07, 6.45) is 22.2. The number of halogens is 1. The van der Waals surface area contributed by atoms with Gasteiger partial charge in [0.1, 0.15) is 0 Å². The first-order chi connectivity index (χ1) is 16.7. The molecule has 3 aliphatic rings. The molecule has 0 aliphatic heterocycles. The summed E-state index contributed by atoms with van der Waals surface area (Å²) in [5, 5.41) is 4.68. The monoisotopic (exact) mass is 600 g/mol. The second kappa shape index (κ2) is 11.7. The van der Waals surface area contributed by atoms with E-state index in [2.05, 4.69) is 108 Å². The number of hydrogen-bond donors (Lipinski definition) is 0. The van der Waals surface area contributed by atoms with E-state index in [0.717, 1.165) is 11.3 Å². The summed E-state index contributed by atoms with van der Waals surface area (Å²) in [5.41, 5.74) is 1.95. The van der Waals surface area contributed by atoms with Crippen LogP contribution in [-0.4, -0.2) is 14.5 Å². The van der Waals surface area contributed by atoms with Crippen LogP contribution >= 0.6 is 38.4 Å². The lowest BCUT2D eigenvalue weighted by Crippen LogP contribution is -2.36. The smallest absolute Gasteiger partial charge is 0.0499 e. The molecular formula is C31H39IP2. The molecule has 0 amide bonds. The third-order valence-corrected chi connectivity index (χ3v) is 17.0. The zero-order valence-corrected chi connectivity index (χ0v) is 24.5. The topological polar surface area (TPSA) is 0 Å². The maximum atomic E-state index is 2.98. The molecule has 0 aromatic heterocycles. The summed E-state index contributed by atoms with van der Waals surface area (Å²) in [6.45, 7) is 2.67. The zero-order chi connectivity index (χ0) is 23.4. The van der Waals surface area contributed by atoms with Gasteiger partial charge in [0.05, 0.1) is 0 Å². The Balaban J connectivity index is 1.52. The fraction of sp³-hybridized carbons (Fsp3) is 0.484. The van der Waals surface area contributed by atoms with E-state index in [4.69, 9.17) is 0 Å². The molecule has 3 aliphatic carbocycles. The van der Waals surface area contributed by atoms with Gasteiger partial charge in [-0.25, -0.2) is 0 Å². The van der Waals surface area contributed by atoms with Gasteiger partial charge in [0.15, 0.2) is 0 Å². The molecule has 180 valence electrons. The van der Waals surface area contributed by atoms with Crippen LogP contribution in [0.15, 0.2) is 84.2 Å². The Morgan fingerprint density at radius 1 is 0.706 bits per heavy atom. The van der Waals surface area contributed by atoms with Crippen molar-refractivity contribution in [2.24, 2.45) is 5.92 Å². The van der Waals surface area contributed by atoms with Crippen molar-refractivity contribution in [3.8, 4) is 0 Å². The van der Waals surface area contributed by atoms with Crippen molar-refractivity contribution in [1.82, 2.24) is 0 Å². The molecule has 0 bridgehead atoms. The van der Waals surface area contributed by atoms with Gasteiger partial charge >= 0.3 is 0 Å². The van der Waals surface area contributed by atoms with E-state index < -0.39 is 7.92 Å². The zero-order valence-electron chi connectivity index (χ0n) is 20.6.